The van der Waals surface area contributed by atoms with Crippen LogP contribution in [0.4, 0.5) is 0 Å². The number of nitrogens with one attached hydrogen (secondary N) is 1. The van der Waals surface area contributed by atoms with Crippen molar-refractivity contribution in [1.82, 2.24) is 15.2 Å². The SMILES string of the molecule is O=C(c1ccc(Cl)cc1)c1nc(-c2ccccc2)n[nH]c1=O. The number of hydrogen-bond donors (Lipinski definition) is 1. The molecule has 3 aromatic rings. The summed E-state index contributed by atoms with van der Waals surface area (Å²) in [5.41, 5.74) is 0.229. The molecular weight excluding hydrogens is 302 g/mol. The van der Waals surface area contributed by atoms with Gasteiger partial charge in [0.1, 0.15) is 0 Å². The molecule has 1 aromatic heterocycles. The van der Waals surface area contributed by atoms with Gasteiger partial charge < -0.3 is 0 Å². The lowest BCUT2D eigenvalue weighted by atomic mass is 10.1. The van der Waals surface area contributed by atoms with Crippen LogP contribution in [-0.4, -0.2) is 21.0 Å². The highest BCUT2D eigenvalue weighted by molar-refractivity contribution is 6.30. The molecule has 0 bridgehead atoms. The number of halogens is 1. The Morgan fingerprint density at radius 2 is 1.68 bits per heavy atom. The lowest BCUT2D eigenvalue weighted by molar-refractivity contribution is 0.103. The Bertz CT molecular complexity index is 874. The van der Waals surface area contributed by atoms with E-state index < -0.39 is 11.3 Å². The molecule has 6 heteroatoms. The summed E-state index contributed by atoms with van der Waals surface area (Å²) in [5, 5.41) is 6.70. The molecule has 2 aromatic carbocycles. The number of benzene rings is 2. The van der Waals surface area contributed by atoms with Crippen molar-refractivity contribution in [2.75, 3.05) is 0 Å². The smallest absolute Gasteiger partial charge is 0.287 e. The molecule has 5 nitrogen and oxygen atoms in total. The van der Waals surface area contributed by atoms with Gasteiger partial charge in [-0.3, -0.25) is 9.59 Å². The molecule has 0 aliphatic carbocycles. The third-order valence-corrected chi connectivity index (χ3v) is 3.30. The molecule has 0 amide bonds. The topological polar surface area (TPSA) is 75.7 Å². The molecule has 0 saturated heterocycles. The van der Waals surface area contributed by atoms with E-state index in [4.69, 9.17) is 11.6 Å². The molecule has 0 saturated carbocycles. The Balaban J connectivity index is 2.05. The Morgan fingerprint density at radius 1 is 1.00 bits per heavy atom. The maximum absolute atomic E-state index is 12.4. The van der Waals surface area contributed by atoms with Crippen LogP contribution in [0.2, 0.25) is 5.02 Å². The minimum atomic E-state index is -0.625. The van der Waals surface area contributed by atoms with Crippen LogP contribution in [0.3, 0.4) is 0 Å². The molecule has 0 fully saturated rings. The molecule has 3 rings (SSSR count). The second-order valence-corrected chi connectivity index (χ2v) is 4.98. The van der Waals surface area contributed by atoms with E-state index in [1.807, 2.05) is 18.2 Å². The van der Waals surface area contributed by atoms with Crippen LogP contribution in [0.15, 0.2) is 59.4 Å². The van der Waals surface area contributed by atoms with Gasteiger partial charge in [-0.15, -0.1) is 0 Å². The van der Waals surface area contributed by atoms with Gasteiger partial charge in [-0.05, 0) is 24.3 Å². The Labute approximate surface area is 130 Å². The predicted molar refractivity (Wildman–Crippen MR) is 83.0 cm³/mol. The van der Waals surface area contributed by atoms with Gasteiger partial charge in [-0.2, -0.15) is 5.10 Å². The van der Waals surface area contributed by atoms with E-state index in [-0.39, 0.29) is 11.5 Å². The lowest BCUT2D eigenvalue weighted by Crippen LogP contribution is -2.22. The quantitative estimate of drug-likeness (QED) is 0.755. The molecule has 22 heavy (non-hydrogen) atoms. The molecule has 0 radical (unpaired) electrons. The van der Waals surface area contributed by atoms with Gasteiger partial charge in [0, 0.05) is 16.1 Å². The highest BCUT2D eigenvalue weighted by Gasteiger charge is 2.17. The summed E-state index contributed by atoms with van der Waals surface area (Å²) in [4.78, 5) is 28.4. The van der Waals surface area contributed by atoms with Crippen LogP contribution in [-0.2, 0) is 0 Å². The van der Waals surface area contributed by atoms with Crippen molar-refractivity contribution in [3.05, 3.63) is 81.2 Å². The van der Waals surface area contributed by atoms with Gasteiger partial charge in [0.15, 0.2) is 11.5 Å². The first kappa shape index (κ1) is 14.2. The van der Waals surface area contributed by atoms with Gasteiger partial charge in [0.05, 0.1) is 0 Å². The zero-order valence-electron chi connectivity index (χ0n) is 11.3. The summed E-state index contributed by atoms with van der Waals surface area (Å²) in [6.07, 6.45) is 0. The van der Waals surface area contributed by atoms with E-state index in [2.05, 4.69) is 15.2 Å². The molecular formula is C16H10ClN3O2. The number of ketones is 1. The predicted octanol–water partition coefficient (Wildman–Crippen LogP) is 2.72. The van der Waals surface area contributed by atoms with Crippen LogP contribution in [0.5, 0.6) is 0 Å². The zero-order valence-corrected chi connectivity index (χ0v) is 12.0. The standard InChI is InChI=1S/C16H10ClN3O2/c17-12-8-6-10(7-9-12)14(21)13-16(22)20-19-15(18-13)11-4-2-1-3-5-11/h1-9H,(H,20,22). The summed E-state index contributed by atoms with van der Waals surface area (Å²) in [6, 6.07) is 15.4. The van der Waals surface area contributed by atoms with Gasteiger partial charge in [0.25, 0.3) is 5.56 Å². The summed E-state index contributed by atoms with van der Waals surface area (Å²) < 4.78 is 0. The number of carbonyl (C=O) groups excluding carboxylic acids is 1. The Kier molecular flexibility index (Phi) is 3.80. The van der Waals surface area contributed by atoms with Crippen LogP contribution < -0.4 is 5.56 Å². The zero-order chi connectivity index (χ0) is 15.5. The third-order valence-electron chi connectivity index (χ3n) is 3.05. The highest BCUT2D eigenvalue weighted by atomic mass is 35.5. The van der Waals surface area contributed by atoms with Crippen molar-refractivity contribution in [1.29, 1.82) is 0 Å². The fourth-order valence-electron chi connectivity index (χ4n) is 1.95. The van der Waals surface area contributed by atoms with Crippen molar-refractivity contribution in [2.45, 2.75) is 0 Å². The first-order valence-electron chi connectivity index (χ1n) is 6.47. The number of hydrogen-bond acceptors (Lipinski definition) is 4. The van der Waals surface area contributed by atoms with Crippen LogP contribution in [0.1, 0.15) is 16.1 Å². The average molecular weight is 312 g/mol. The summed E-state index contributed by atoms with van der Waals surface area (Å²) >= 11 is 5.79. The minimum Gasteiger partial charge on any atom is -0.287 e. The fraction of sp³-hybridized carbons (Fsp3) is 0. The molecule has 1 N–H and O–H groups in total. The Hall–Kier alpha value is -2.79. The molecule has 0 aliphatic heterocycles. The van der Waals surface area contributed by atoms with Crippen molar-refractivity contribution in [3.8, 4) is 11.4 Å². The summed E-state index contributed by atoms with van der Waals surface area (Å²) in [6.45, 7) is 0. The number of H-pyrrole nitrogens is 1. The first-order valence-corrected chi connectivity index (χ1v) is 6.85. The van der Waals surface area contributed by atoms with E-state index in [1.165, 1.54) is 0 Å². The van der Waals surface area contributed by atoms with Gasteiger partial charge in [-0.1, -0.05) is 41.9 Å². The second kappa shape index (κ2) is 5.91. The lowest BCUT2D eigenvalue weighted by Gasteiger charge is -2.03. The number of carbonyl (C=O) groups is 1. The third kappa shape index (κ3) is 2.80. The summed E-state index contributed by atoms with van der Waals surface area (Å²) in [5.74, 6) is -0.185. The summed E-state index contributed by atoms with van der Waals surface area (Å²) in [7, 11) is 0. The first-order chi connectivity index (χ1) is 10.6. The van der Waals surface area contributed by atoms with E-state index in [9.17, 15) is 9.59 Å². The van der Waals surface area contributed by atoms with Crippen LogP contribution >= 0.6 is 11.6 Å². The van der Waals surface area contributed by atoms with Gasteiger partial charge in [-0.25, -0.2) is 10.1 Å². The van der Waals surface area contributed by atoms with E-state index >= 15 is 0 Å². The van der Waals surface area contributed by atoms with Gasteiger partial charge >= 0.3 is 0 Å². The number of aromatic amines is 1. The maximum atomic E-state index is 12.4. The molecule has 0 aliphatic rings. The highest BCUT2D eigenvalue weighted by Crippen LogP contribution is 2.14. The minimum absolute atomic E-state index is 0.198. The normalized spacial score (nSPS) is 10.4. The number of aromatic nitrogens is 3. The maximum Gasteiger partial charge on any atom is 0.294 e. The van der Waals surface area contributed by atoms with Crippen LogP contribution in [0.25, 0.3) is 11.4 Å². The monoisotopic (exact) mass is 311 g/mol. The number of nitrogens with zero attached hydrogens (tertiary/aromatic N) is 2. The van der Waals surface area contributed by atoms with E-state index in [0.717, 1.165) is 0 Å². The average Bonchev–Trinajstić information content (AvgIpc) is 2.56. The van der Waals surface area contributed by atoms with Crippen LogP contribution in [0, 0.1) is 0 Å². The van der Waals surface area contributed by atoms with Crippen molar-refractivity contribution >= 4 is 17.4 Å². The number of rotatable bonds is 3. The van der Waals surface area contributed by atoms with Crippen molar-refractivity contribution in [3.63, 3.8) is 0 Å². The van der Waals surface area contributed by atoms with Crippen molar-refractivity contribution < 1.29 is 4.79 Å². The van der Waals surface area contributed by atoms with E-state index in [0.29, 0.717) is 16.1 Å². The largest absolute Gasteiger partial charge is 0.294 e. The molecule has 0 unspecified atom stereocenters. The fourth-order valence-corrected chi connectivity index (χ4v) is 2.07. The molecule has 108 valence electrons. The second-order valence-electron chi connectivity index (χ2n) is 4.54. The molecule has 0 spiro atoms. The van der Waals surface area contributed by atoms with Crippen molar-refractivity contribution in [2.24, 2.45) is 0 Å². The molecule has 1 heterocycles. The molecule has 0 atom stereocenters. The van der Waals surface area contributed by atoms with Gasteiger partial charge in [0.2, 0.25) is 5.78 Å². The van der Waals surface area contributed by atoms with E-state index in [1.54, 1.807) is 36.4 Å². The Morgan fingerprint density at radius 3 is 2.36 bits per heavy atom.